The van der Waals surface area contributed by atoms with Gasteiger partial charge in [0, 0.05) is 38.5 Å². The maximum atomic E-state index is 12.7. The number of carboxylic acid groups (broad SMARTS) is 1. The number of carbonyl (C=O) groups is 3. The van der Waals surface area contributed by atoms with Crippen molar-refractivity contribution in [3.63, 3.8) is 0 Å². The van der Waals surface area contributed by atoms with Gasteiger partial charge in [-0.15, -0.1) is 0 Å². The molecule has 0 unspecified atom stereocenters. The van der Waals surface area contributed by atoms with Crippen molar-refractivity contribution < 1.29 is 19.5 Å². The molecule has 2 amide bonds. The standard InChI is InChI=1S/C22H30N2O4/c1-16-8-12-24(13-9-16)21(26)18-10-14-23(15-11-18)20(25)7-6-17-4-2-3-5-19(17)22(27)28/h2-5,16,18H,6-15H2,1H3,(H,27,28). The van der Waals surface area contributed by atoms with E-state index in [0.29, 0.717) is 37.4 Å². The molecule has 0 saturated carbocycles. The Hall–Kier alpha value is -2.37. The summed E-state index contributed by atoms with van der Waals surface area (Å²) < 4.78 is 0. The Balaban J connectivity index is 1.46. The number of piperidine rings is 2. The Morgan fingerprint density at radius 2 is 1.57 bits per heavy atom. The quantitative estimate of drug-likeness (QED) is 0.844. The highest BCUT2D eigenvalue weighted by atomic mass is 16.4. The van der Waals surface area contributed by atoms with E-state index < -0.39 is 5.97 Å². The second-order valence-corrected chi connectivity index (χ2v) is 8.13. The summed E-state index contributed by atoms with van der Waals surface area (Å²) in [5.41, 5.74) is 0.947. The predicted octanol–water partition coefficient (Wildman–Crippen LogP) is 2.81. The minimum atomic E-state index is -0.963. The second-order valence-electron chi connectivity index (χ2n) is 8.13. The highest BCUT2D eigenvalue weighted by Crippen LogP contribution is 2.24. The number of hydrogen-bond donors (Lipinski definition) is 1. The van der Waals surface area contributed by atoms with Gasteiger partial charge in [-0.1, -0.05) is 25.1 Å². The third kappa shape index (κ3) is 4.91. The van der Waals surface area contributed by atoms with Crippen molar-refractivity contribution in [2.75, 3.05) is 26.2 Å². The van der Waals surface area contributed by atoms with E-state index >= 15 is 0 Å². The van der Waals surface area contributed by atoms with Gasteiger partial charge in [-0.05, 0) is 49.7 Å². The van der Waals surface area contributed by atoms with Gasteiger partial charge in [0.1, 0.15) is 0 Å². The van der Waals surface area contributed by atoms with E-state index in [1.54, 1.807) is 24.3 Å². The molecule has 2 heterocycles. The van der Waals surface area contributed by atoms with Gasteiger partial charge in [0.2, 0.25) is 11.8 Å². The van der Waals surface area contributed by atoms with E-state index in [1.807, 2.05) is 9.80 Å². The van der Waals surface area contributed by atoms with Crippen LogP contribution in [0.25, 0.3) is 0 Å². The van der Waals surface area contributed by atoms with Crippen molar-refractivity contribution in [3.8, 4) is 0 Å². The smallest absolute Gasteiger partial charge is 0.335 e. The molecular formula is C22H30N2O4. The Bertz CT molecular complexity index is 717. The van der Waals surface area contributed by atoms with Gasteiger partial charge in [0.15, 0.2) is 0 Å². The molecule has 28 heavy (non-hydrogen) atoms. The number of benzene rings is 1. The van der Waals surface area contributed by atoms with Crippen molar-refractivity contribution in [2.24, 2.45) is 11.8 Å². The van der Waals surface area contributed by atoms with E-state index in [9.17, 15) is 19.5 Å². The van der Waals surface area contributed by atoms with Crippen LogP contribution in [0.3, 0.4) is 0 Å². The first-order valence-corrected chi connectivity index (χ1v) is 10.3. The van der Waals surface area contributed by atoms with Gasteiger partial charge >= 0.3 is 5.97 Å². The molecule has 0 spiro atoms. The van der Waals surface area contributed by atoms with E-state index in [2.05, 4.69) is 6.92 Å². The van der Waals surface area contributed by atoms with E-state index in [0.717, 1.165) is 38.8 Å². The summed E-state index contributed by atoms with van der Waals surface area (Å²) >= 11 is 0. The Morgan fingerprint density at radius 1 is 0.964 bits per heavy atom. The third-order valence-electron chi connectivity index (χ3n) is 6.15. The van der Waals surface area contributed by atoms with Crippen LogP contribution in [0.1, 0.15) is 54.9 Å². The SMILES string of the molecule is CC1CCN(C(=O)C2CCN(C(=O)CCc3ccccc3C(=O)O)CC2)CC1. The topological polar surface area (TPSA) is 77.9 Å². The van der Waals surface area contributed by atoms with E-state index in [4.69, 9.17) is 0 Å². The molecule has 6 heteroatoms. The summed E-state index contributed by atoms with van der Waals surface area (Å²) in [4.78, 5) is 40.4. The van der Waals surface area contributed by atoms with Crippen molar-refractivity contribution in [2.45, 2.75) is 45.4 Å². The number of likely N-dealkylation sites (tertiary alicyclic amines) is 2. The second kappa shape index (κ2) is 9.22. The number of aromatic carboxylic acids is 1. The molecule has 0 atom stereocenters. The lowest BCUT2D eigenvalue weighted by atomic mass is 9.92. The maximum absolute atomic E-state index is 12.7. The molecule has 3 rings (SSSR count). The lowest BCUT2D eigenvalue weighted by molar-refractivity contribution is -0.141. The number of carbonyl (C=O) groups excluding carboxylic acids is 2. The number of aryl methyl sites for hydroxylation is 1. The lowest BCUT2D eigenvalue weighted by Gasteiger charge is -2.36. The average Bonchev–Trinajstić information content (AvgIpc) is 2.72. The number of nitrogens with zero attached hydrogens (tertiary/aromatic N) is 2. The molecule has 2 saturated heterocycles. The fourth-order valence-corrected chi connectivity index (χ4v) is 4.21. The Labute approximate surface area is 166 Å². The first-order valence-electron chi connectivity index (χ1n) is 10.3. The van der Waals surface area contributed by atoms with Crippen molar-refractivity contribution in [1.29, 1.82) is 0 Å². The van der Waals surface area contributed by atoms with Crippen LogP contribution < -0.4 is 0 Å². The molecule has 6 nitrogen and oxygen atoms in total. The van der Waals surface area contributed by atoms with Crippen LogP contribution in [0, 0.1) is 11.8 Å². The summed E-state index contributed by atoms with van der Waals surface area (Å²) in [5.74, 6) is 0.0710. The lowest BCUT2D eigenvalue weighted by Crippen LogP contribution is -2.46. The summed E-state index contributed by atoms with van der Waals surface area (Å²) in [5, 5.41) is 9.25. The van der Waals surface area contributed by atoms with Gasteiger partial charge in [0.25, 0.3) is 0 Å². The summed E-state index contributed by atoms with van der Waals surface area (Å²) in [7, 11) is 0. The van der Waals surface area contributed by atoms with Crippen LogP contribution in [0.2, 0.25) is 0 Å². The van der Waals surface area contributed by atoms with Crippen LogP contribution in [0.15, 0.2) is 24.3 Å². The van der Waals surface area contributed by atoms with Crippen LogP contribution in [-0.2, 0) is 16.0 Å². The summed E-state index contributed by atoms with van der Waals surface area (Å²) in [6, 6.07) is 6.83. The first kappa shape index (κ1) is 20.4. The summed E-state index contributed by atoms with van der Waals surface area (Å²) in [6.07, 6.45) is 4.34. The Kier molecular flexibility index (Phi) is 6.70. The van der Waals surface area contributed by atoms with Gasteiger partial charge in [-0.25, -0.2) is 4.79 Å². The summed E-state index contributed by atoms with van der Waals surface area (Å²) in [6.45, 7) is 5.19. The molecule has 1 aromatic carbocycles. The minimum absolute atomic E-state index is 0.0326. The van der Waals surface area contributed by atoms with Crippen molar-refractivity contribution in [3.05, 3.63) is 35.4 Å². The van der Waals surface area contributed by atoms with Gasteiger partial charge in [0.05, 0.1) is 5.56 Å². The maximum Gasteiger partial charge on any atom is 0.335 e. The zero-order valence-corrected chi connectivity index (χ0v) is 16.6. The van der Waals surface area contributed by atoms with Gasteiger partial charge in [-0.2, -0.15) is 0 Å². The normalized spacial score (nSPS) is 18.9. The first-order chi connectivity index (χ1) is 13.5. The highest BCUT2D eigenvalue weighted by Gasteiger charge is 2.31. The number of amides is 2. The molecule has 0 aromatic heterocycles. The fraction of sp³-hybridized carbons (Fsp3) is 0.591. The molecule has 1 aromatic rings. The number of rotatable bonds is 5. The van der Waals surface area contributed by atoms with E-state index in [1.165, 1.54) is 0 Å². The molecule has 2 aliphatic rings. The minimum Gasteiger partial charge on any atom is -0.478 e. The Morgan fingerprint density at radius 3 is 2.21 bits per heavy atom. The van der Waals surface area contributed by atoms with Gasteiger partial charge in [-0.3, -0.25) is 9.59 Å². The highest BCUT2D eigenvalue weighted by molar-refractivity contribution is 5.89. The average molecular weight is 386 g/mol. The van der Waals surface area contributed by atoms with Crippen molar-refractivity contribution >= 4 is 17.8 Å². The molecule has 0 bridgehead atoms. The van der Waals surface area contributed by atoms with Gasteiger partial charge < -0.3 is 14.9 Å². The monoisotopic (exact) mass is 386 g/mol. The molecule has 0 aliphatic carbocycles. The molecule has 152 valence electrons. The molecular weight excluding hydrogens is 356 g/mol. The zero-order valence-electron chi connectivity index (χ0n) is 16.6. The van der Waals surface area contributed by atoms with Crippen LogP contribution >= 0.6 is 0 Å². The largest absolute Gasteiger partial charge is 0.478 e. The van der Waals surface area contributed by atoms with Crippen LogP contribution in [0.5, 0.6) is 0 Å². The molecule has 0 radical (unpaired) electrons. The number of carboxylic acids is 1. The fourth-order valence-electron chi connectivity index (χ4n) is 4.21. The zero-order chi connectivity index (χ0) is 20.1. The predicted molar refractivity (Wildman–Crippen MR) is 106 cm³/mol. The third-order valence-corrected chi connectivity index (χ3v) is 6.15. The molecule has 2 fully saturated rings. The molecule has 2 aliphatic heterocycles. The number of hydrogen-bond acceptors (Lipinski definition) is 3. The molecule has 1 N–H and O–H groups in total. The van der Waals surface area contributed by atoms with Crippen LogP contribution in [-0.4, -0.2) is 58.9 Å². The van der Waals surface area contributed by atoms with E-state index in [-0.39, 0.29) is 23.3 Å². The van der Waals surface area contributed by atoms with Crippen LogP contribution in [0.4, 0.5) is 0 Å². The van der Waals surface area contributed by atoms with Crippen molar-refractivity contribution in [1.82, 2.24) is 9.80 Å².